The van der Waals surface area contributed by atoms with Gasteiger partial charge in [0.25, 0.3) is 0 Å². The maximum Gasteiger partial charge on any atom is 0.229 e. The molecule has 0 bridgehead atoms. The second-order valence-electron chi connectivity index (χ2n) is 4.48. The maximum atomic E-state index is 13.4. The molecule has 2 aromatic rings. The molecule has 5 heteroatoms. The van der Waals surface area contributed by atoms with Crippen molar-refractivity contribution in [3.8, 4) is 0 Å². The minimum Gasteiger partial charge on any atom is -0.323 e. The first-order valence-electron chi connectivity index (χ1n) is 6.02. The van der Waals surface area contributed by atoms with Crippen LogP contribution in [0.2, 0.25) is 0 Å². The highest BCUT2D eigenvalue weighted by Crippen LogP contribution is 2.16. The first-order chi connectivity index (χ1) is 8.99. The van der Waals surface area contributed by atoms with E-state index in [9.17, 15) is 9.18 Å². The van der Waals surface area contributed by atoms with E-state index in [0.29, 0.717) is 0 Å². The Bertz CT molecular complexity index is 619. The number of aromatic nitrogens is 2. The van der Waals surface area contributed by atoms with E-state index in [2.05, 4.69) is 10.4 Å². The summed E-state index contributed by atoms with van der Waals surface area (Å²) in [5.74, 6) is -0.681. The first-order valence-corrected chi connectivity index (χ1v) is 6.02. The number of aryl methyl sites for hydroxylation is 2. The summed E-state index contributed by atoms with van der Waals surface area (Å²) < 4.78 is 15.2. The van der Waals surface area contributed by atoms with Gasteiger partial charge in [0, 0.05) is 18.3 Å². The Balaban J connectivity index is 2.12. The van der Waals surface area contributed by atoms with Crippen LogP contribution in [0.1, 0.15) is 17.0 Å². The Morgan fingerprint density at radius 2 is 2.05 bits per heavy atom. The molecule has 4 nitrogen and oxygen atoms in total. The van der Waals surface area contributed by atoms with Crippen LogP contribution in [-0.4, -0.2) is 15.7 Å². The molecule has 1 aromatic carbocycles. The molecule has 1 N–H and O–H groups in total. The largest absolute Gasteiger partial charge is 0.323 e. The van der Waals surface area contributed by atoms with Gasteiger partial charge >= 0.3 is 0 Å². The lowest BCUT2D eigenvalue weighted by Gasteiger charge is -2.06. The van der Waals surface area contributed by atoms with E-state index in [1.54, 1.807) is 16.8 Å². The predicted octanol–water partition coefficient (Wildman–Crippen LogP) is 2.36. The van der Waals surface area contributed by atoms with Crippen molar-refractivity contribution in [2.75, 3.05) is 5.32 Å². The van der Waals surface area contributed by atoms with E-state index in [1.807, 2.05) is 20.9 Å². The predicted molar refractivity (Wildman–Crippen MR) is 71.4 cm³/mol. The van der Waals surface area contributed by atoms with Gasteiger partial charge in [0.15, 0.2) is 0 Å². The molecule has 19 heavy (non-hydrogen) atoms. The van der Waals surface area contributed by atoms with Crippen molar-refractivity contribution in [2.45, 2.75) is 20.3 Å². The highest BCUT2D eigenvalue weighted by molar-refractivity contribution is 5.92. The molecule has 1 aromatic heterocycles. The number of hydrogen-bond acceptors (Lipinski definition) is 2. The van der Waals surface area contributed by atoms with Crippen LogP contribution < -0.4 is 5.32 Å². The smallest absolute Gasteiger partial charge is 0.229 e. The van der Waals surface area contributed by atoms with Crippen molar-refractivity contribution in [3.63, 3.8) is 0 Å². The van der Waals surface area contributed by atoms with Crippen LogP contribution in [0.4, 0.5) is 10.1 Å². The minimum absolute atomic E-state index is 0.194. The topological polar surface area (TPSA) is 46.9 Å². The summed E-state index contributed by atoms with van der Waals surface area (Å²) in [5, 5.41) is 6.82. The molecule has 2 rings (SSSR count). The van der Waals surface area contributed by atoms with Crippen LogP contribution in [0.15, 0.2) is 24.3 Å². The van der Waals surface area contributed by atoms with Gasteiger partial charge < -0.3 is 5.32 Å². The third-order valence-corrected chi connectivity index (χ3v) is 3.14. The van der Waals surface area contributed by atoms with Crippen molar-refractivity contribution in [2.24, 2.45) is 7.05 Å². The van der Waals surface area contributed by atoms with Crippen LogP contribution >= 0.6 is 0 Å². The minimum atomic E-state index is -0.435. The zero-order chi connectivity index (χ0) is 14.0. The summed E-state index contributed by atoms with van der Waals surface area (Å²) in [6.45, 7) is 3.77. The summed E-state index contributed by atoms with van der Waals surface area (Å²) in [6.07, 6.45) is 0.194. The average molecular weight is 261 g/mol. The van der Waals surface area contributed by atoms with Gasteiger partial charge in [0.05, 0.1) is 17.8 Å². The summed E-state index contributed by atoms with van der Waals surface area (Å²) in [7, 11) is 1.83. The van der Waals surface area contributed by atoms with Gasteiger partial charge in [-0.3, -0.25) is 9.48 Å². The monoisotopic (exact) mass is 261 g/mol. The zero-order valence-electron chi connectivity index (χ0n) is 11.2. The quantitative estimate of drug-likeness (QED) is 0.922. The van der Waals surface area contributed by atoms with Crippen molar-refractivity contribution in [3.05, 3.63) is 47.0 Å². The van der Waals surface area contributed by atoms with Crippen LogP contribution in [0.3, 0.4) is 0 Å². The maximum absolute atomic E-state index is 13.4. The Labute approximate surface area is 111 Å². The van der Waals surface area contributed by atoms with Crippen LogP contribution in [0, 0.1) is 19.7 Å². The average Bonchev–Trinajstić information content (AvgIpc) is 2.59. The third-order valence-electron chi connectivity index (χ3n) is 3.14. The number of carbonyl (C=O) groups is 1. The highest BCUT2D eigenvalue weighted by Gasteiger charge is 2.14. The van der Waals surface area contributed by atoms with Crippen molar-refractivity contribution >= 4 is 11.6 Å². The third kappa shape index (κ3) is 2.81. The second-order valence-corrected chi connectivity index (χ2v) is 4.48. The number of para-hydroxylation sites is 1. The highest BCUT2D eigenvalue weighted by atomic mass is 19.1. The molecule has 0 atom stereocenters. The number of rotatable bonds is 3. The molecule has 1 heterocycles. The van der Waals surface area contributed by atoms with Gasteiger partial charge in [0.1, 0.15) is 5.82 Å². The summed E-state index contributed by atoms with van der Waals surface area (Å²) in [5.41, 5.74) is 2.85. The lowest BCUT2D eigenvalue weighted by Crippen LogP contribution is -2.16. The van der Waals surface area contributed by atoms with Crippen molar-refractivity contribution in [1.29, 1.82) is 0 Å². The standard InChI is InChI=1S/C14H16FN3O/c1-9-11(10(2)18(3)17-9)8-14(19)16-13-7-5-4-6-12(13)15/h4-7H,8H2,1-3H3,(H,16,19). The summed E-state index contributed by atoms with van der Waals surface area (Å²) in [4.78, 5) is 11.9. The summed E-state index contributed by atoms with van der Waals surface area (Å²) in [6, 6.07) is 6.12. The van der Waals surface area contributed by atoms with E-state index in [1.165, 1.54) is 12.1 Å². The molecule has 0 radical (unpaired) electrons. The number of benzene rings is 1. The Morgan fingerprint density at radius 1 is 1.37 bits per heavy atom. The second kappa shape index (κ2) is 5.22. The lowest BCUT2D eigenvalue weighted by molar-refractivity contribution is -0.115. The fourth-order valence-corrected chi connectivity index (χ4v) is 1.99. The molecular formula is C14H16FN3O. The Kier molecular flexibility index (Phi) is 3.64. The van der Waals surface area contributed by atoms with E-state index in [4.69, 9.17) is 0 Å². The SMILES string of the molecule is Cc1nn(C)c(C)c1CC(=O)Nc1ccccc1F. The number of carbonyl (C=O) groups excluding carboxylic acids is 1. The van der Waals surface area contributed by atoms with Gasteiger partial charge in [-0.05, 0) is 26.0 Å². The fourth-order valence-electron chi connectivity index (χ4n) is 1.99. The van der Waals surface area contributed by atoms with Crippen LogP contribution in [-0.2, 0) is 18.3 Å². The fraction of sp³-hybridized carbons (Fsp3) is 0.286. The van der Waals surface area contributed by atoms with Crippen LogP contribution in [0.5, 0.6) is 0 Å². The number of anilines is 1. The van der Waals surface area contributed by atoms with Gasteiger partial charge in [-0.1, -0.05) is 12.1 Å². The molecule has 100 valence electrons. The number of halogens is 1. The number of nitrogens with zero attached hydrogens (tertiary/aromatic N) is 2. The normalized spacial score (nSPS) is 10.5. The van der Waals surface area contributed by atoms with Crippen LogP contribution in [0.25, 0.3) is 0 Å². The summed E-state index contributed by atoms with van der Waals surface area (Å²) >= 11 is 0. The Morgan fingerprint density at radius 3 is 2.63 bits per heavy atom. The first kappa shape index (κ1) is 13.3. The van der Waals surface area contributed by atoms with Gasteiger partial charge in [-0.15, -0.1) is 0 Å². The van der Waals surface area contributed by atoms with Crippen molar-refractivity contribution in [1.82, 2.24) is 9.78 Å². The molecule has 0 aliphatic rings. The molecule has 0 spiro atoms. The van der Waals surface area contributed by atoms with Gasteiger partial charge in [0.2, 0.25) is 5.91 Å². The van der Waals surface area contributed by atoms with Gasteiger partial charge in [-0.2, -0.15) is 5.10 Å². The molecular weight excluding hydrogens is 245 g/mol. The van der Waals surface area contributed by atoms with Gasteiger partial charge in [-0.25, -0.2) is 4.39 Å². The number of amides is 1. The van der Waals surface area contributed by atoms with E-state index in [0.717, 1.165) is 17.0 Å². The zero-order valence-corrected chi connectivity index (χ0v) is 11.2. The number of nitrogens with one attached hydrogen (secondary N) is 1. The Hall–Kier alpha value is -2.17. The molecule has 0 saturated heterocycles. The van der Waals surface area contributed by atoms with E-state index in [-0.39, 0.29) is 18.0 Å². The molecule has 0 aliphatic heterocycles. The number of hydrogen-bond donors (Lipinski definition) is 1. The molecule has 1 amide bonds. The lowest BCUT2D eigenvalue weighted by atomic mass is 10.1. The molecule has 0 unspecified atom stereocenters. The molecule has 0 aliphatic carbocycles. The van der Waals surface area contributed by atoms with E-state index < -0.39 is 5.82 Å². The molecule has 0 saturated carbocycles. The van der Waals surface area contributed by atoms with E-state index >= 15 is 0 Å². The van der Waals surface area contributed by atoms with Crippen molar-refractivity contribution < 1.29 is 9.18 Å². The molecule has 0 fully saturated rings.